The Morgan fingerprint density at radius 1 is 1.00 bits per heavy atom. The molecule has 0 unspecified atom stereocenters. The molecule has 24 heavy (non-hydrogen) atoms. The lowest BCUT2D eigenvalue weighted by Crippen LogP contribution is -2.01. The number of hydrogen-bond donors (Lipinski definition) is 1. The van der Waals surface area contributed by atoms with Crippen LogP contribution in [0.2, 0.25) is 0 Å². The number of anilines is 1. The van der Waals surface area contributed by atoms with Crippen molar-refractivity contribution >= 4 is 17.0 Å². The Kier molecular flexibility index (Phi) is 5.50. The summed E-state index contributed by atoms with van der Waals surface area (Å²) in [6.45, 7) is 12.9. The van der Waals surface area contributed by atoms with Gasteiger partial charge in [0.05, 0.1) is 12.8 Å². The fourth-order valence-electron chi connectivity index (χ4n) is 2.65. The van der Waals surface area contributed by atoms with E-state index >= 15 is 0 Å². The summed E-state index contributed by atoms with van der Waals surface area (Å²) >= 11 is 0. The molecular formula is C22H27NO. The summed E-state index contributed by atoms with van der Waals surface area (Å²) in [5, 5.41) is 3.33. The van der Waals surface area contributed by atoms with E-state index in [4.69, 9.17) is 4.74 Å². The lowest BCUT2D eigenvalue weighted by Gasteiger charge is -2.15. The second-order valence-electron chi connectivity index (χ2n) is 7.07. The van der Waals surface area contributed by atoms with Crippen LogP contribution in [0, 0.1) is 5.41 Å². The summed E-state index contributed by atoms with van der Waals surface area (Å²) in [5.74, 6) is 0.805. The molecule has 2 aromatic carbocycles. The molecule has 0 saturated carbocycles. The van der Waals surface area contributed by atoms with E-state index < -0.39 is 0 Å². The monoisotopic (exact) mass is 321 g/mol. The van der Waals surface area contributed by atoms with Crippen LogP contribution in [0.3, 0.4) is 0 Å². The van der Waals surface area contributed by atoms with Crippen LogP contribution in [0.15, 0.2) is 61.2 Å². The van der Waals surface area contributed by atoms with Crippen LogP contribution in [-0.4, -0.2) is 7.11 Å². The third-order valence-electron chi connectivity index (χ3n) is 3.73. The molecule has 0 radical (unpaired) electrons. The summed E-state index contributed by atoms with van der Waals surface area (Å²) < 4.78 is 5.37. The quantitative estimate of drug-likeness (QED) is 0.705. The maximum Gasteiger partial charge on any atom is 0.142 e. The zero-order chi connectivity index (χ0) is 17.7. The predicted molar refractivity (Wildman–Crippen MR) is 105 cm³/mol. The van der Waals surface area contributed by atoms with E-state index in [9.17, 15) is 0 Å². The maximum absolute atomic E-state index is 5.37. The number of rotatable bonds is 5. The summed E-state index contributed by atoms with van der Waals surface area (Å²) in [7, 11) is 1.67. The number of nitrogens with one attached hydrogen (secondary N) is 1. The first-order valence-electron chi connectivity index (χ1n) is 8.19. The van der Waals surface area contributed by atoms with Gasteiger partial charge in [-0.05, 0) is 41.2 Å². The third-order valence-corrected chi connectivity index (χ3v) is 3.73. The van der Waals surface area contributed by atoms with E-state index in [2.05, 4.69) is 69.9 Å². The van der Waals surface area contributed by atoms with Crippen molar-refractivity contribution in [2.24, 2.45) is 5.41 Å². The Morgan fingerprint density at radius 3 is 2.17 bits per heavy atom. The van der Waals surface area contributed by atoms with Crippen LogP contribution >= 0.6 is 0 Å². The molecule has 1 N–H and O–H groups in total. The Morgan fingerprint density at radius 2 is 1.58 bits per heavy atom. The van der Waals surface area contributed by atoms with Crippen LogP contribution in [-0.2, 0) is 0 Å². The van der Waals surface area contributed by atoms with Crippen molar-refractivity contribution in [3.05, 3.63) is 72.3 Å². The van der Waals surface area contributed by atoms with E-state index in [1.807, 2.05) is 24.3 Å². The number of allylic oxidation sites excluding steroid dienone is 2. The van der Waals surface area contributed by atoms with Gasteiger partial charge in [-0.25, -0.2) is 0 Å². The van der Waals surface area contributed by atoms with Gasteiger partial charge in [-0.3, -0.25) is 0 Å². The van der Waals surface area contributed by atoms with E-state index in [1.165, 1.54) is 11.1 Å². The van der Waals surface area contributed by atoms with Crippen molar-refractivity contribution < 1.29 is 4.74 Å². The molecule has 0 spiro atoms. The van der Waals surface area contributed by atoms with Crippen LogP contribution in [0.4, 0.5) is 5.69 Å². The average molecular weight is 321 g/mol. The van der Waals surface area contributed by atoms with E-state index in [-0.39, 0.29) is 5.41 Å². The van der Waals surface area contributed by atoms with Crippen LogP contribution in [0.5, 0.6) is 5.75 Å². The fourth-order valence-corrected chi connectivity index (χ4v) is 2.65. The highest BCUT2D eigenvalue weighted by atomic mass is 16.5. The normalized spacial score (nSPS) is 12.0. The molecule has 0 heterocycles. The highest BCUT2D eigenvalue weighted by Crippen LogP contribution is 2.28. The minimum Gasteiger partial charge on any atom is -0.495 e. The van der Waals surface area contributed by atoms with Gasteiger partial charge in [-0.1, -0.05) is 69.8 Å². The molecule has 2 heteroatoms. The summed E-state index contributed by atoms with van der Waals surface area (Å²) in [6, 6.07) is 16.3. The van der Waals surface area contributed by atoms with E-state index in [0.29, 0.717) is 0 Å². The first-order chi connectivity index (χ1) is 11.3. The number of para-hydroxylation sites is 2. The second-order valence-corrected chi connectivity index (χ2v) is 7.07. The second kappa shape index (κ2) is 7.39. The van der Waals surface area contributed by atoms with Crippen molar-refractivity contribution in [1.82, 2.24) is 0 Å². The van der Waals surface area contributed by atoms with Crippen LogP contribution < -0.4 is 10.1 Å². The van der Waals surface area contributed by atoms with E-state index in [0.717, 1.165) is 22.7 Å². The number of methoxy groups -OCH3 is 1. The van der Waals surface area contributed by atoms with Crippen LogP contribution in [0.1, 0.15) is 38.8 Å². The predicted octanol–water partition coefficient (Wildman–Crippen LogP) is 6.23. The first kappa shape index (κ1) is 17.9. The minimum absolute atomic E-state index is 0.178. The Balaban J connectivity index is 2.16. The molecule has 126 valence electrons. The number of benzene rings is 2. The number of hydrogen-bond acceptors (Lipinski definition) is 2. The zero-order valence-electron chi connectivity index (χ0n) is 15.3. The zero-order valence-corrected chi connectivity index (χ0v) is 15.3. The third kappa shape index (κ3) is 4.76. The molecule has 2 aromatic rings. The van der Waals surface area contributed by atoms with Crippen molar-refractivity contribution in [3.8, 4) is 5.75 Å². The Labute approximate surface area is 145 Å². The highest BCUT2D eigenvalue weighted by molar-refractivity contribution is 5.78. The average Bonchev–Trinajstić information content (AvgIpc) is 2.54. The molecule has 0 aliphatic heterocycles. The summed E-state index contributed by atoms with van der Waals surface area (Å²) in [5.41, 5.74) is 5.53. The maximum atomic E-state index is 5.37. The summed E-state index contributed by atoms with van der Waals surface area (Å²) in [4.78, 5) is 0. The minimum atomic E-state index is 0.178. The standard InChI is InChI=1S/C22H27NO/c1-16(15-22(3,4)5)18-11-13-19(14-12-18)17(2)23-20-9-7-8-10-21(20)24-6/h7-15,23H,2H2,1,3-6H3/b16-15+. The largest absolute Gasteiger partial charge is 0.495 e. The smallest absolute Gasteiger partial charge is 0.142 e. The molecule has 0 bridgehead atoms. The lowest BCUT2D eigenvalue weighted by atomic mass is 9.91. The SMILES string of the molecule is C=C(Nc1ccccc1OC)c1ccc(/C(C)=C/C(C)(C)C)cc1. The molecule has 0 amide bonds. The molecule has 0 fully saturated rings. The highest BCUT2D eigenvalue weighted by Gasteiger charge is 2.08. The van der Waals surface area contributed by atoms with Gasteiger partial charge >= 0.3 is 0 Å². The van der Waals surface area contributed by atoms with Crippen molar-refractivity contribution in [3.63, 3.8) is 0 Å². The molecule has 0 saturated heterocycles. The Bertz CT molecular complexity index is 733. The van der Waals surface area contributed by atoms with Crippen LogP contribution in [0.25, 0.3) is 11.3 Å². The van der Waals surface area contributed by atoms with Gasteiger partial charge in [0.25, 0.3) is 0 Å². The molecule has 0 atom stereocenters. The lowest BCUT2D eigenvalue weighted by molar-refractivity contribution is 0.417. The Hall–Kier alpha value is -2.48. The summed E-state index contributed by atoms with van der Waals surface area (Å²) in [6.07, 6.45) is 2.30. The molecule has 2 nitrogen and oxygen atoms in total. The van der Waals surface area contributed by atoms with E-state index in [1.54, 1.807) is 7.11 Å². The van der Waals surface area contributed by atoms with Gasteiger partial charge < -0.3 is 10.1 Å². The van der Waals surface area contributed by atoms with Gasteiger partial charge in [0.15, 0.2) is 0 Å². The van der Waals surface area contributed by atoms with Gasteiger partial charge in [0.2, 0.25) is 0 Å². The molecular weight excluding hydrogens is 294 g/mol. The molecule has 2 rings (SSSR count). The topological polar surface area (TPSA) is 21.3 Å². The van der Waals surface area contributed by atoms with Gasteiger partial charge in [-0.15, -0.1) is 0 Å². The van der Waals surface area contributed by atoms with Crippen molar-refractivity contribution in [2.45, 2.75) is 27.7 Å². The van der Waals surface area contributed by atoms with Crippen molar-refractivity contribution in [2.75, 3.05) is 12.4 Å². The fraction of sp³-hybridized carbons (Fsp3) is 0.273. The van der Waals surface area contributed by atoms with Gasteiger partial charge in [0.1, 0.15) is 5.75 Å². The number of ether oxygens (including phenoxy) is 1. The molecule has 0 aliphatic rings. The van der Waals surface area contributed by atoms with Gasteiger partial charge in [-0.2, -0.15) is 0 Å². The van der Waals surface area contributed by atoms with Crippen molar-refractivity contribution in [1.29, 1.82) is 0 Å². The molecule has 0 aromatic heterocycles. The molecule has 0 aliphatic carbocycles. The van der Waals surface area contributed by atoms with Gasteiger partial charge in [0, 0.05) is 5.70 Å². The first-order valence-corrected chi connectivity index (χ1v) is 8.19.